The molecule has 3 rings (SSSR count). The van der Waals surface area contributed by atoms with E-state index < -0.39 is 0 Å². The van der Waals surface area contributed by atoms with E-state index in [0.717, 1.165) is 24.4 Å². The fourth-order valence-corrected chi connectivity index (χ4v) is 2.91. The van der Waals surface area contributed by atoms with Gasteiger partial charge in [0.15, 0.2) is 0 Å². The normalized spacial score (nSPS) is 22.9. The molecule has 1 aromatic heterocycles. The first-order valence-corrected chi connectivity index (χ1v) is 6.55. The minimum Gasteiger partial charge on any atom is -0.329 e. The standard InChI is InChI=1S/C13H19N3O/c14-8-13(5-1-2-6-13)12-15-10(9-3-4-9)7-11(17)16-12/h7,9H,1-6,8,14H2,(H,15,16,17). The zero-order chi connectivity index (χ0) is 11.9. The Morgan fingerprint density at radius 1 is 1.41 bits per heavy atom. The van der Waals surface area contributed by atoms with Gasteiger partial charge in [-0.3, -0.25) is 4.79 Å². The molecule has 4 heteroatoms. The predicted octanol–water partition coefficient (Wildman–Crippen LogP) is 1.42. The summed E-state index contributed by atoms with van der Waals surface area (Å²) in [6, 6.07) is 1.65. The van der Waals surface area contributed by atoms with E-state index in [4.69, 9.17) is 5.73 Å². The van der Waals surface area contributed by atoms with E-state index in [1.165, 1.54) is 25.7 Å². The number of rotatable bonds is 3. The van der Waals surface area contributed by atoms with Gasteiger partial charge < -0.3 is 10.7 Å². The van der Waals surface area contributed by atoms with Crippen molar-refractivity contribution < 1.29 is 0 Å². The molecule has 0 saturated heterocycles. The molecule has 2 aliphatic carbocycles. The number of hydrogen-bond acceptors (Lipinski definition) is 3. The number of hydrogen-bond donors (Lipinski definition) is 2. The predicted molar refractivity (Wildman–Crippen MR) is 66.0 cm³/mol. The van der Waals surface area contributed by atoms with Crippen molar-refractivity contribution in [2.45, 2.75) is 49.9 Å². The lowest BCUT2D eigenvalue weighted by Gasteiger charge is -2.26. The maximum Gasteiger partial charge on any atom is 0.251 e. The number of aromatic amines is 1. The minimum atomic E-state index is -0.0654. The van der Waals surface area contributed by atoms with Gasteiger partial charge in [-0.15, -0.1) is 0 Å². The Bertz CT molecular complexity index is 470. The number of nitrogens with two attached hydrogens (primary N) is 1. The third kappa shape index (κ3) is 1.90. The van der Waals surface area contributed by atoms with Crippen molar-refractivity contribution >= 4 is 0 Å². The molecule has 0 spiro atoms. The van der Waals surface area contributed by atoms with Crippen LogP contribution in [0.15, 0.2) is 10.9 Å². The van der Waals surface area contributed by atoms with Crippen LogP contribution in [-0.2, 0) is 5.41 Å². The average molecular weight is 233 g/mol. The second-order valence-corrected chi connectivity index (χ2v) is 5.48. The third-order valence-electron chi connectivity index (χ3n) is 4.21. The maximum atomic E-state index is 11.7. The van der Waals surface area contributed by atoms with E-state index in [0.29, 0.717) is 12.5 Å². The Labute approximate surface area is 101 Å². The molecule has 1 aromatic rings. The first kappa shape index (κ1) is 11.0. The molecule has 4 nitrogen and oxygen atoms in total. The molecular weight excluding hydrogens is 214 g/mol. The summed E-state index contributed by atoms with van der Waals surface area (Å²) >= 11 is 0. The number of nitrogens with one attached hydrogen (secondary N) is 1. The van der Waals surface area contributed by atoms with Crippen LogP contribution in [-0.4, -0.2) is 16.5 Å². The Hall–Kier alpha value is -1.16. The van der Waals surface area contributed by atoms with Crippen molar-refractivity contribution in [1.29, 1.82) is 0 Å². The summed E-state index contributed by atoms with van der Waals surface area (Å²) < 4.78 is 0. The molecule has 0 radical (unpaired) electrons. The first-order valence-electron chi connectivity index (χ1n) is 6.55. The summed E-state index contributed by atoms with van der Waals surface area (Å²) in [6.45, 7) is 0.587. The Morgan fingerprint density at radius 2 is 2.12 bits per heavy atom. The topological polar surface area (TPSA) is 71.8 Å². The summed E-state index contributed by atoms with van der Waals surface area (Å²) in [5.74, 6) is 1.36. The van der Waals surface area contributed by atoms with Crippen LogP contribution in [0.2, 0.25) is 0 Å². The third-order valence-corrected chi connectivity index (χ3v) is 4.21. The van der Waals surface area contributed by atoms with Crippen molar-refractivity contribution in [3.8, 4) is 0 Å². The van der Waals surface area contributed by atoms with Crippen molar-refractivity contribution in [1.82, 2.24) is 9.97 Å². The molecule has 0 aliphatic heterocycles. The lowest BCUT2D eigenvalue weighted by Crippen LogP contribution is -2.36. The highest BCUT2D eigenvalue weighted by Crippen LogP contribution is 2.41. The minimum absolute atomic E-state index is 0.0170. The van der Waals surface area contributed by atoms with Crippen LogP contribution in [0.1, 0.15) is 56.0 Å². The molecule has 1 heterocycles. The summed E-state index contributed by atoms with van der Waals surface area (Å²) in [6.07, 6.45) is 6.83. The van der Waals surface area contributed by atoms with Gasteiger partial charge >= 0.3 is 0 Å². The quantitative estimate of drug-likeness (QED) is 0.829. The van der Waals surface area contributed by atoms with Gasteiger partial charge in [-0.2, -0.15) is 0 Å². The average Bonchev–Trinajstić information content (AvgIpc) is 3.07. The van der Waals surface area contributed by atoms with E-state index in [1.807, 2.05) is 0 Å². The molecular formula is C13H19N3O. The van der Waals surface area contributed by atoms with Gasteiger partial charge in [0.25, 0.3) is 5.56 Å². The number of aromatic nitrogens is 2. The van der Waals surface area contributed by atoms with E-state index >= 15 is 0 Å². The van der Waals surface area contributed by atoms with Crippen LogP contribution in [0.5, 0.6) is 0 Å². The van der Waals surface area contributed by atoms with Crippen molar-refractivity contribution in [3.05, 3.63) is 27.9 Å². The second kappa shape index (κ2) is 3.95. The lowest BCUT2D eigenvalue weighted by atomic mass is 9.85. The summed E-state index contributed by atoms with van der Waals surface area (Å²) in [5, 5.41) is 0. The largest absolute Gasteiger partial charge is 0.329 e. The zero-order valence-corrected chi connectivity index (χ0v) is 10.0. The van der Waals surface area contributed by atoms with Crippen LogP contribution in [0.25, 0.3) is 0 Å². The summed E-state index contributed by atoms with van der Waals surface area (Å²) in [7, 11) is 0. The molecule has 0 amide bonds. The fourth-order valence-electron chi connectivity index (χ4n) is 2.91. The van der Waals surface area contributed by atoms with Crippen LogP contribution in [0.3, 0.4) is 0 Å². The van der Waals surface area contributed by atoms with E-state index in [1.54, 1.807) is 6.07 Å². The molecule has 0 atom stereocenters. The van der Waals surface area contributed by atoms with Gasteiger partial charge in [0.2, 0.25) is 0 Å². The molecule has 0 aromatic carbocycles. The van der Waals surface area contributed by atoms with Gasteiger partial charge in [-0.1, -0.05) is 12.8 Å². The van der Waals surface area contributed by atoms with Crippen LogP contribution >= 0.6 is 0 Å². The fraction of sp³-hybridized carbons (Fsp3) is 0.692. The van der Waals surface area contributed by atoms with E-state index in [2.05, 4.69) is 9.97 Å². The van der Waals surface area contributed by atoms with Gasteiger partial charge in [0, 0.05) is 23.9 Å². The molecule has 92 valence electrons. The molecule has 2 aliphatic rings. The molecule has 2 fully saturated rings. The molecule has 3 N–H and O–H groups in total. The van der Waals surface area contributed by atoms with Crippen LogP contribution < -0.4 is 11.3 Å². The Balaban J connectivity index is 2.03. The van der Waals surface area contributed by atoms with Gasteiger partial charge in [-0.05, 0) is 25.7 Å². The molecule has 0 unspecified atom stereocenters. The lowest BCUT2D eigenvalue weighted by molar-refractivity contribution is 0.421. The summed E-state index contributed by atoms with van der Waals surface area (Å²) in [5.41, 5.74) is 6.82. The van der Waals surface area contributed by atoms with Gasteiger partial charge in [0.05, 0.1) is 5.69 Å². The van der Waals surface area contributed by atoms with E-state index in [-0.39, 0.29) is 11.0 Å². The highest BCUT2D eigenvalue weighted by Gasteiger charge is 2.37. The van der Waals surface area contributed by atoms with Crippen molar-refractivity contribution in [3.63, 3.8) is 0 Å². The van der Waals surface area contributed by atoms with Crippen LogP contribution in [0.4, 0.5) is 0 Å². The molecule has 0 bridgehead atoms. The zero-order valence-electron chi connectivity index (χ0n) is 10.0. The smallest absolute Gasteiger partial charge is 0.251 e. The number of H-pyrrole nitrogens is 1. The molecule has 17 heavy (non-hydrogen) atoms. The van der Waals surface area contributed by atoms with Crippen molar-refractivity contribution in [2.75, 3.05) is 6.54 Å². The van der Waals surface area contributed by atoms with Gasteiger partial charge in [-0.25, -0.2) is 4.98 Å². The maximum absolute atomic E-state index is 11.7. The first-order chi connectivity index (χ1) is 8.23. The highest BCUT2D eigenvalue weighted by atomic mass is 16.1. The Morgan fingerprint density at radius 3 is 2.71 bits per heavy atom. The Kier molecular flexibility index (Phi) is 2.54. The molecule has 2 saturated carbocycles. The second-order valence-electron chi connectivity index (χ2n) is 5.48. The number of nitrogens with zero attached hydrogens (tertiary/aromatic N) is 1. The van der Waals surface area contributed by atoms with E-state index in [9.17, 15) is 4.79 Å². The van der Waals surface area contributed by atoms with Crippen molar-refractivity contribution in [2.24, 2.45) is 5.73 Å². The highest BCUT2D eigenvalue weighted by molar-refractivity contribution is 5.19. The van der Waals surface area contributed by atoms with Crippen LogP contribution in [0, 0.1) is 0 Å². The monoisotopic (exact) mass is 233 g/mol. The summed E-state index contributed by atoms with van der Waals surface area (Å²) in [4.78, 5) is 19.3. The van der Waals surface area contributed by atoms with Gasteiger partial charge in [0.1, 0.15) is 5.82 Å². The SMILES string of the molecule is NCC1(c2nc(C3CC3)cc(=O)[nH]2)CCCC1.